The number of rotatable bonds is 8. The Morgan fingerprint density at radius 3 is 2.21 bits per heavy atom. The SMILES string of the molecule is C[C@@H]1[C@H](CN2CCOCC2)O[C@H](c2ccc(NS(=O)(=O)c3ccccc3)cc2)O[C@@H]1c1ccc(CO)cc1. The van der Waals surface area contributed by atoms with Crippen LogP contribution in [0.25, 0.3) is 0 Å². The molecule has 0 bridgehead atoms. The van der Waals surface area contributed by atoms with Gasteiger partial charge in [-0.05, 0) is 35.4 Å². The Labute approximate surface area is 224 Å². The summed E-state index contributed by atoms with van der Waals surface area (Å²) in [6.45, 7) is 6.07. The summed E-state index contributed by atoms with van der Waals surface area (Å²) in [6, 6.07) is 23.2. The molecule has 9 heteroatoms. The molecule has 2 saturated heterocycles. The number of aliphatic hydroxyl groups excluding tert-OH is 1. The summed E-state index contributed by atoms with van der Waals surface area (Å²) in [5.41, 5.74) is 3.15. The Kier molecular flexibility index (Phi) is 8.42. The minimum atomic E-state index is -3.68. The number of sulfonamides is 1. The molecular formula is C29H34N2O6S. The van der Waals surface area contributed by atoms with Crippen LogP contribution in [0.4, 0.5) is 5.69 Å². The summed E-state index contributed by atoms with van der Waals surface area (Å²) in [5, 5.41) is 9.45. The van der Waals surface area contributed by atoms with E-state index >= 15 is 0 Å². The molecule has 3 aromatic rings. The Morgan fingerprint density at radius 1 is 0.895 bits per heavy atom. The van der Waals surface area contributed by atoms with Crippen LogP contribution >= 0.6 is 0 Å². The lowest BCUT2D eigenvalue weighted by atomic mass is 9.90. The van der Waals surface area contributed by atoms with Crippen molar-refractivity contribution in [1.29, 1.82) is 0 Å². The maximum atomic E-state index is 12.7. The van der Waals surface area contributed by atoms with E-state index in [9.17, 15) is 13.5 Å². The Hall–Kier alpha value is -2.79. The molecule has 38 heavy (non-hydrogen) atoms. The highest BCUT2D eigenvalue weighted by molar-refractivity contribution is 7.92. The van der Waals surface area contributed by atoms with Crippen molar-refractivity contribution in [3.63, 3.8) is 0 Å². The third-order valence-corrected chi connectivity index (χ3v) is 8.55. The summed E-state index contributed by atoms with van der Waals surface area (Å²) >= 11 is 0. The van der Waals surface area contributed by atoms with Crippen molar-refractivity contribution in [2.45, 2.75) is 36.9 Å². The summed E-state index contributed by atoms with van der Waals surface area (Å²) in [4.78, 5) is 2.57. The average molecular weight is 539 g/mol. The predicted molar refractivity (Wildman–Crippen MR) is 144 cm³/mol. The zero-order valence-corrected chi connectivity index (χ0v) is 22.2. The van der Waals surface area contributed by atoms with Gasteiger partial charge in [-0.25, -0.2) is 8.42 Å². The van der Waals surface area contributed by atoms with E-state index in [4.69, 9.17) is 14.2 Å². The van der Waals surface area contributed by atoms with Gasteiger partial charge in [-0.15, -0.1) is 0 Å². The van der Waals surface area contributed by atoms with Crippen LogP contribution in [-0.2, 0) is 30.8 Å². The van der Waals surface area contributed by atoms with Crippen LogP contribution in [-0.4, -0.2) is 57.4 Å². The summed E-state index contributed by atoms with van der Waals surface area (Å²) in [6.07, 6.45) is -0.894. The monoisotopic (exact) mass is 538 g/mol. The van der Waals surface area contributed by atoms with Gasteiger partial charge in [-0.2, -0.15) is 0 Å². The third-order valence-electron chi connectivity index (χ3n) is 7.15. The number of ether oxygens (including phenoxy) is 3. The highest BCUT2D eigenvalue weighted by Gasteiger charge is 2.39. The van der Waals surface area contributed by atoms with Gasteiger partial charge in [-0.3, -0.25) is 9.62 Å². The van der Waals surface area contributed by atoms with E-state index < -0.39 is 16.3 Å². The molecule has 0 spiro atoms. The van der Waals surface area contributed by atoms with Crippen molar-refractivity contribution in [2.24, 2.45) is 5.92 Å². The molecule has 2 N–H and O–H groups in total. The zero-order valence-electron chi connectivity index (χ0n) is 21.4. The normalized spacial score (nSPS) is 24.7. The molecule has 5 rings (SSSR count). The zero-order chi connectivity index (χ0) is 26.5. The van der Waals surface area contributed by atoms with Gasteiger partial charge in [0.15, 0.2) is 6.29 Å². The fraction of sp³-hybridized carbons (Fsp3) is 0.379. The molecule has 2 fully saturated rings. The first-order valence-electron chi connectivity index (χ1n) is 12.9. The van der Waals surface area contributed by atoms with Crippen LogP contribution in [0, 0.1) is 5.92 Å². The van der Waals surface area contributed by atoms with Crippen molar-refractivity contribution >= 4 is 15.7 Å². The van der Waals surface area contributed by atoms with Crippen LogP contribution in [0.3, 0.4) is 0 Å². The van der Waals surface area contributed by atoms with Crippen LogP contribution in [0.15, 0.2) is 83.8 Å². The van der Waals surface area contributed by atoms with Crippen LogP contribution < -0.4 is 4.72 Å². The lowest BCUT2D eigenvalue weighted by molar-refractivity contribution is -0.277. The second-order valence-corrected chi connectivity index (χ2v) is 11.5. The minimum Gasteiger partial charge on any atom is -0.392 e. The van der Waals surface area contributed by atoms with Crippen molar-refractivity contribution in [3.8, 4) is 0 Å². The molecule has 0 saturated carbocycles. The summed E-state index contributed by atoms with van der Waals surface area (Å²) in [5.74, 6) is 0.0889. The van der Waals surface area contributed by atoms with Crippen LogP contribution in [0.5, 0.6) is 0 Å². The summed E-state index contributed by atoms with van der Waals surface area (Å²) in [7, 11) is -3.68. The first kappa shape index (κ1) is 26.8. The van der Waals surface area contributed by atoms with Crippen LogP contribution in [0.1, 0.15) is 36.0 Å². The molecule has 0 radical (unpaired) electrons. The van der Waals surface area contributed by atoms with Crippen LogP contribution in [0.2, 0.25) is 0 Å². The molecule has 2 aliphatic rings. The number of morpholine rings is 1. The number of aliphatic hydroxyl groups is 1. The van der Waals surface area contributed by atoms with Crippen molar-refractivity contribution in [1.82, 2.24) is 4.90 Å². The maximum absolute atomic E-state index is 12.7. The molecule has 2 aliphatic heterocycles. The van der Waals surface area contributed by atoms with E-state index in [-0.39, 0.29) is 29.6 Å². The van der Waals surface area contributed by atoms with Gasteiger partial charge < -0.3 is 19.3 Å². The van der Waals surface area contributed by atoms with E-state index in [1.807, 2.05) is 36.4 Å². The van der Waals surface area contributed by atoms with E-state index in [2.05, 4.69) is 16.5 Å². The lowest BCUT2D eigenvalue weighted by Crippen LogP contribution is -2.47. The molecule has 0 aliphatic carbocycles. The molecule has 8 nitrogen and oxygen atoms in total. The molecule has 3 aromatic carbocycles. The molecule has 0 aromatic heterocycles. The highest BCUT2D eigenvalue weighted by Crippen LogP contribution is 2.42. The number of nitrogens with one attached hydrogen (secondary N) is 1. The Balaban J connectivity index is 1.36. The van der Waals surface area contributed by atoms with Gasteiger partial charge >= 0.3 is 0 Å². The number of hydrogen-bond donors (Lipinski definition) is 2. The standard InChI is InChI=1S/C29H34N2O6S/c1-21-27(19-31-15-17-35-18-16-31)36-29(37-28(21)23-9-7-22(20-32)8-10-23)24-11-13-25(14-12-24)30-38(33,34)26-5-3-2-4-6-26/h2-14,21,27-30,32H,15-20H2,1H3/t21-,27+,28+,29+/m1/s1. The number of nitrogens with zero attached hydrogens (tertiary/aromatic N) is 1. The first-order valence-corrected chi connectivity index (χ1v) is 14.4. The van der Waals surface area contributed by atoms with Gasteiger partial charge in [-0.1, -0.05) is 61.5 Å². The van der Waals surface area contributed by atoms with E-state index in [1.54, 1.807) is 42.5 Å². The van der Waals surface area contributed by atoms with Gasteiger partial charge in [0, 0.05) is 36.8 Å². The molecule has 0 unspecified atom stereocenters. The van der Waals surface area contributed by atoms with E-state index in [0.717, 1.165) is 36.3 Å². The van der Waals surface area contributed by atoms with Gasteiger partial charge in [0.1, 0.15) is 0 Å². The van der Waals surface area contributed by atoms with Gasteiger partial charge in [0.2, 0.25) is 0 Å². The maximum Gasteiger partial charge on any atom is 0.261 e. The highest BCUT2D eigenvalue weighted by atomic mass is 32.2. The Morgan fingerprint density at radius 2 is 1.55 bits per heavy atom. The molecular weight excluding hydrogens is 504 g/mol. The number of hydrogen-bond acceptors (Lipinski definition) is 7. The molecule has 202 valence electrons. The molecule has 0 amide bonds. The largest absolute Gasteiger partial charge is 0.392 e. The second kappa shape index (κ2) is 11.9. The van der Waals surface area contributed by atoms with E-state index in [0.29, 0.717) is 18.9 Å². The molecule has 4 atom stereocenters. The first-order chi connectivity index (χ1) is 18.4. The fourth-order valence-corrected chi connectivity index (χ4v) is 5.97. The average Bonchev–Trinajstić information content (AvgIpc) is 2.95. The summed E-state index contributed by atoms with van der Waals surface area (Å²) < 4.78 is 46.6. The predicted octanol–water partition coefficient (Wildman–Crippen LogP) is 4.10. The van der Waals surface area contributed by atoms with E-state index in [1.165, 1.54) is 0 Å². The second-order valence-electron chi connectivity index (χ2n) is 9.78. The molecule has 2 heterocycles. The quantitative estimate of drug-likeness (QED) is 0.446. The third kappa shape index (κ3) is 6.26. The van der Waals surface area contributed by atoms with Crippen molar-refractivity contribution in [2.75, 3.05) is 37.6 Å². The smallest absolute Gasteiger partial charge is 0.261 e. The van der Waals surface area contributed by atoms with Gasteiger partial charge in [0.05, 0.1) is 36.9 Å². The van der Waals surface area contributed by atoms with Gasteiger partial charge in [0.25, 0.3) is 10.0 Å². The Bertz CT molecular complexity index is 1280. The number of benzene rings is 3. The lowest BCUT2D eigenvalue weighted by Gasteiger charge is -2.43. The number of anilines is 1. The van der Waals surface area contributed by atoms with Crippen molar-refractivity contribution in [3.05, 3.63) is 95.6 Å². The fourth-order valence-electron chi connectivity index (χ4n) is 4.89. The topological polar surface area (TPSA) is 97.3 Å². The minimum absolute atomic E-state index is 0.00682. The van der Waals surface area contributed by atoms with Crippen molar-refractivity contribution < 1.29 is 27.7 Å².